The van der Waals surface area contributed by atoms with Crippen LogP contribution in [0.1, 0.15) is 5.56 Å². The Balaban J connectivity index is 2.18. The average molecular weight is 311 g/mol. The Morgan fingerprint density at radius 1 is 0.708 bits per heavy atom. The SMILES string of the molecule is Cc1c(-c2ccccc2)c(=O)n(-c2ccccc2)c2ccccc12. The molecule has 0 radical (unpaired) electrons. The highest BCUT2D eigenvalue weighted by Gasteiger charge is 2.16. The van der Waals surface area contributed by atoms with E-state index in [0.717, 1.165) is 33.3 Å². The van der Waals surface area contributed by atoms with E-state index in [1.807, 2.05) is 90.4 Å². The molecule has 0 N–H and O–H groups in total. The molecule has 0 unspecified atom stereocenters. The van der Waals surface area contributed by atoms with Crippen LogP contribution in [0.25, 0.3) is 27.7 Å². The van der Waals surface area contributed by atoms with Crippen LogP contribution in [0.15, 0.2) is 89.7 Å². The van der Waals surface area contributed by atoms with E-state index in [1.165, 1.54) is 0 Å². The van der Waals surface area contributed by atoms with Crippen LogP contribution >= 0.6 is 0 Å². The molecule has 0 aliphatic heterocycles. The first-order chi connectivity index (χ1) is 11.8. The average Bonchev–Trinajstić information content (AvgIpc) is 2.64. The maximum absolute atomic E-state index is 13.4. The van der Waals surface area contributed by atoms with Gasteiger partial charge in [0.1, 0.15) is 0 Å². The molecule has 1 aromatic heterocycles. The predicted octanol–water partition coefficient (Wildman–Crippen LogP) is 4.97. The molecule has 3 aromatic carbocycles. The van der Waals surface area contributed by atoms with Crippen molar-refractivity contribution in [3.63, 3.8) is 0 Å². The van der Waals surface area contributed by atoms with Crippen LogP contribution in [-0.2, 0) is 0 Å². The van der Waals surface area contributed by atoms with E-state index in [9.17, 15) is 4.79 Å². The quantitative estimate of drug-likeness (QED) is 0.512. The number of hydrogen-bond acceptors (Lipinski definition) is 1. The first-order valence-corrected chi connectivity index (χ1v) is 8.02. The molecule has 24 heavy (non-hydrogen) atoms. The van der Waals surface area contributed by atoms with Crippen LogP contribution in [0.2, 0.25) is 0 Å². The molecule has 116 valence electrons. The predicted molar refractivity (Wildman–Crippen MR) is 99.7 cm³/mol. The van der Waals surface area contributed by atoms with Crippen LogP contribution in [0, 0.1) is 6.92 Å². The van der Waals surface area contributed by atoms with Crippen molar-refractivity contribution in [1.82, 2.24) is 4.57 Å². The summed E-state index contributed by atoms with van der Waals surface area (Å²) in [6, 6.07) is 27.8. The van der Waals surface area contributed by atoms with Crippen molar-refractivity contribution in [3.05, 3.63) is 101 Å². The first-order valence-electron chi connectivity index (χ1n) is 8.02. The molecule has 0 spiro atoms. The van der Waals surface area contributed by atoms with Gasteiger partial charge in [-0.1, -0.05) is 66.7 Å². The Bertz CT molecular complexity index is 1060. The largest absolute Gasteiger partial charge is 0.276 e. The Kier molecular flexibility index (Phi) is 3.51. The zero-order chi connectivity index (χ0) is 16.5. The normalized spacial score (nSPS) is 10.9. The zero-order valence-electron chi connectivity index (χ0n) is 13.4. The fourth-order valence-corrected chi connectivity index (χ4v) is 3.28. The number of fused-ring (bicyclic) bond motifs is 1. The van der Waals surface area contributed by atoms with Gasteiger partial charge in [-0.2, -0.15) is 0 Å². The van der Waals surface area contributed by atoms with Gasteiger partial charge in [-0.25, -0.2) is 0 Å². The molecule has 0 aliphatic carbocycles. The first kappa shape index (κ1) is 14.5. The molecular formula is C22H17NO. The second-order valence-electron chi connectivity index (χ2n) is 5.86. The van der Waals surface area contributed by atoms with Gasteiger partial charge in [0.2, 0.25) is 0 Å². The third-order valence-corrected chi connectivity index (χ3v) is 4.42. The van der Waals surface area contributed by atoms with Gasteiger partial charge in [0, 0.05) is 11.1 Å². The van der Waals surface area contributed by atoms with E-state index in [4.69, 9.17) is 0 Å². The molecule has 1 heterocycles. The van der Waals surface area contributed by atoms with Gasteiger partial charge in [-0.15, -0.1) is 0 Å². The number of rotatable bonds is 2. The summed E-state index contributed by atoms with van der Waals surface area (Å²) >= 11 is 0. The molecule has 0 atom stereocenters. The lowest BCUT2D eigenvalue weighted by Gasteiger charge is -2.16. The number of hydrogen-bond donors (Lipinski definition) is 0. The van der Waals surface area contributed by atoms with Crippen molar-refractivity contribution in [2.75, 3.05) is 0 Å². The van der Waals surface area contributed by atoms with Crippen molar-refractivity contribution < 1.29 is 0 Å². The minimum absolute atomic E-state index is 0.0172. The number of para-hydroxylation sites is 2. The third-order valence-electron chi connectivity index (χ3n) is 4.42. The topological polar surface area (TPSA) is 22.0 Å². The Morgan fingerprint density at radius 3 is 2.00 bits per heavy atom. The van der Waals surface area contributed by atoms with E-state index in [0.29, 0.717) is 0 Å². The van der Waals surface area contributed by atoms with Crippen LogP contribution in [0.4, 0.5) is 0 Å². The fraction of sp³-hybridized carbons (Fsp3) is 0.0455. The summed E-state index contributed by atoms with van der Waals surface area (Å²) < 4.78 is 1.81. The van der Waals surface area contributed by atoms with Crippen molar-refractivity contribution in [3.8, 4) is 16.8 Å². The highest BCUT2D eigenvalue weighted by molar-refractivity contribution is 5.89. The molecule has 0 saturated carbocycles. The van der Waals surface area contributed by atoms with Crippen molar-refractivity contribution in [1.29, 1.82) is 0 Å². The fourth-order valence-electron chi connectivity index (χ4n) is 3.28. The van der Waals surface area contributed by atoms with Crippen LogP contribution in [0.5, 0.6) is 0 Å². The molecule has 2 nitrogen and oxygen atoms in total. The third kappa shape index (κ3) is 2.24. The lowest BCUT2D eigenvalue weighted by molar-refractivity contribution is 1.04. The molecule has 4 aromatic rings. The smallest absolute Gasteiger partial charge is 0.263 e. The van der Waals surface area contributed by atoms with Gasteiger partial charge in [-0.3, -0.25) is 9.36 Å². The summed E-state index contributed by atoms with van der Waals surface area (Å²) in [4.78, 5) is 13.4. The molecule has 2 heteroatoms. The molecule has 0 saturated heterocycles. The number of benzene rings is 3. The van der Waals surface area contributed by atoms with Crippen molar-refractivity contribution in [2.45, 2.75) is 6.92 Å². The van der Waals surface area contributed by atoms with Crippen molar-refractivity contribution in [2.24, 2.45) is 0 Å². The molecule has 0 aliphatic rings. The molecule has 4 rings (SSSR count). The van der Waals surface area contributed by atoms with E-state index in [1.54, 1.807) is 0 Å². The summed E-state index contributed by atoms with van der Waals surface area (Å²) in [5.74, 6) is 0. The summed E-state index contributed by atoms with van der Waals surface area (Å²) in [5, 5.41) is 1.10. The highest BCUT2D eigenvalue weighted by Crippen LogP contribution is 2.27. The lowest BCUT2D eigenvalue weighted by Crippen LogP contribution is -2.22. The second-order valence-corrected chi connectivity index (χ2v) is 5.86. The summed E-state index contributed by atoms with van der Waals surface area (Å²) in [5.41, 5.74) is 4.58. The Labute approximate surface area is 140 Å². The number of aromatic nitrogens is 1. The Hall–Kier alpha value is -3.13. The second kappa shape index (κ2) is 5.82. The minimum Gasteiger partial charge on any atom is -0.276 e. The van der Waals surface area contributed by atoms with Crippen molar-refractivity contribution >= 4 is 10.9 Å². The summed E-state index contributed by atoms with van der Waals surface area (Å²) in [6.45, 7) is 2.03. The molecule has 0 bridgehead atoms. The molecule has 0 amide bonds. The van der Waals surface area contributed by atoms with Gasteiger partial charge in [0.25, 0.3) is 5.56 Å². The minimum atomic E-state index is 0.0172. The maximum atomic E-state index is 13.4. The monoisotopic (exact) mass is 311 g/mol. The maximum Gasteiger partial charge on any atom is 0.263 e. The van der Waals surface area contributed by atoms with Crippen LogP contribution in [-0.4, -0.2) is 4.57 Å². The summed E-state index contributed by atoms with van der Waals surface area (Å²) in [7, 11) is 0. The lowest BCUT2D eigenvalue weighted by atomic mass is 9.98. The van der Waals surface area contributed by atoms with Gasteiger partial charge in [0.15, 0.2) is 0 Å². The standard InChI is InChI=1S/C22H17NO/c1-16-19-14-8-9-15-20(19)23(18-12-6-3-7-13-18)22(24)21(16)17-10-4-2-5-11-17/h2-15H,1H3. The van der Waals surface area contributed by atoms with E-state index in [2.05, 4.69) is 6.07 Å². The van der Waals surface area contributed by atoms with E-state index in [-0.39, 0.29) is 5.56 Å². The zero-order valence-corrected chi connectivity index (χ0v) is 13.4. The van der Waals surface area contributed by atoms with Gasteiger partial charge in [0.05, 0.1) is 11.1 Å². The number of nitrogens with zero attached hydrogens (tertiary/aromatic N) is 1. The van der Waals surface area contributed by atoms with Gasteiger partial charge >= 0.3 is 0 Å². The van der Waals surface area contributed by atoms with Crippen LogP contribution < -0.4 is 5.56 Å². The highest BCUT2D eigenvalue weighted by atomic mass is 16.1. The summed E-state index contributed by atoms with van der Waals surface area (Å²) in [6.07, 6.45) is 0. The number of pyridine rings is 1. The molecule has 0 fully saturated rings. The van der Waals surface area contributed by atoms with Crippen LogP contribution in [0.3, 0.4) is 0 Å². The number of aryl methyl sites for hydroxylation is 1. The molecular weight excluding hydrogens is 294 g/mol. The van der Waals surface area contributed by atoms with Gasteiger partial charge in [-0.05, 0) is 36.2 Å². The Morgan fingerprint density at radius 2 is 1.29 bits per heavy atom. The van der Waals surface area contributed by atoms with E-state index >= 15 is 0 Å². The van der Waals surface area contributed by atoms with E-state index < -0.39 is 0 Å². The van der Waals surface area contributed by atoms with Gasteiger partial charge < -0.3 is 0 Å².